The third-order valence-electron chi connectivity index (χ3n) is 3.85. The molecular formula is C20H17ClN2O4S. The lowest BCUT2D eigenvalue weighted by Gasteiger charge is -2.10. The van der Waals surface area contributed by atoms with Crippen LogP contribution in [0.3, 0.4) is 0 Å². The van der Waals surface area contributed by atoms with Gasteiger partial charge in [-0.1, -0.05) is 29.8 Å². The number of benzene rings is 3. The van der Waals surface area contributed by atoms with Crippen molar-refractivity contribution in [3.63, 3.8) is 0 Å². The number of carbonyl (C=O) groups is 1. The van der Waals surface area contributed by atoms with Crippen molar-refractivity contribution in [1.82, 2.24) is 4.72 Å². The molecule has 0 saturated heterocycles. The summed E-state index contributed by atoms with van der Waals surface area (Å²) in [5, 5.41) is 3.22. The van der Waals surface area contributed by atoms with Gasteiger partial charge < -0.3 is 10.1 Å². The van der Waals surface area contributed by atoms with Crippen LogP contribution in [0.15, 0.2) is 77.7 Å². The normalized spacial score (nSPS) is 11.1. The van der Waals surface area contributed by atoms with Gasteiger partial charge in [-0.15, -0.1) is 0 Å². The molecule has 6 nitrogen and oxygen atoms in total. The Kier molecular flexibility index (Phi) is 5.99. The summed E-state index contributed by atoms with van der Waals surface area (Å²) in [4.78, 5) is 12.4. The van der Waals surface area contributed by atoms with Gasteiger partial charge in [0.25, 0.3) is 5.91 Å². The van der Waals surface area contributed by atoms with Crippen LogP contribution >= 0.6 is 11.6 Å². The van der Waals surface area contributed by atoms with Crippen molar-refractivity contribution in [1.29, 1.82) is 0 Å². The average Bonchev–Trinajstić information content (AvgIpc) is 2.71. The first-order valence-electron chi connectivity index (χ1n) is 8.26. The summed E-state index contributed by atoms with van der Waals surface area (Å²) < 4.78 is 31.7. The van der Waals surface area contributed by atoms with Crippen LogP contribution in [0.4, 0.5) is 5.69 Å². The maximum Gasteiger partial charge on any atom is 0.255 e. The number of hydrogen-bond acceptors (Lipinski definition) is 4. The lowest BCUT2D eigenvalue weighted by Crippen LogP contribution is -2.19. The van der Waals surface area contributed by atoms with Crippen LogP contribution < -0.4 is 14.8 Å². The summed E-state index contributed by atoms with van der Waals surface area (Å²) in [5.41, 5.74) is 0.770. The number of ether oxygens (including phenoxy) is 1. The van der Waals surface area contributed by atoms with Gasteiger partial charge in [0.05, 0.1) is 9.92 Å². The minimum absolute atomic E-state index is 0.0196. The maximum atomic E-state index is 12.4. The van der Waals surface area contributed by atoms with Crippen molar-refractivity contribution >= 4 is 33.2 Å². The molecule has 0 spiro atoms. The Balaban J connectivity index is 1.71. The van der Waals surface area contributed by atoms with E-state index < -0.39 is 15.9 Å². The van der Waals surface area contributed by atoms with Crippen molar-refractivity contribution in [2.45, 2.75) is 4.90 Å². The van der Waals surface area contributed by atoms with E-state index in [0.29, 0.717) is 22.2 Å². The molecule has 0 atom stereocenters. The first-order chi connectivity index (χ1) is 13.4. The topological polar surface area (TPSA) is 84.5 Å². The number of amides is 1. The second-order valence-electron chi connectivity index (χ2n) is 5.75. The van der Waals surface area contributed by atoms with Gasteiger partial charge >= 0.3 is 0 Å². The van der Waals surface area contributed by atoms with Gasteiger partial charge in [-0.05, 0) is 61.6 Å². The summed E-state index contributed by atoms with van der Waals surface area (Å²) in [6.07, 6.45) is 0. The highest BCUT2D eigenvalue weighted by Crippen LogP contribution is 2.29. The minimum Gasteiger partial charge on any atom is -0.456 e. The SMILES string of the molecule is CNS(=O)(=O)c1cccc(C(=O)Nc2ccc(Oc3ccccc3Cl)cc2)c1. The number of nitrogens with one attached hydrogen (secondary N) is 2. The molecule has 2 N–H and O–H groups in total. The molecule has 0 aliphatic heterocycles. The number of para-hydroxylation sites is 1. The van der Waals surface area contributed by atoms with E-state index in [9.17, 15) is 13.2 Å². The van der Waals surface area contributed by atoms with E-state index >= 15 is 0 Å². The monoisotopic (exact) mass is 416 g/mol. The number of anilines is 1. The van der Waals surface area contributed by atoms with Crippen LogP contribution in [-0.2, 0) is 10.0 Å². The van der Waals surface area contributed by atoms with Gasteiger partial charge in [-0.25, -0.2) is 13.1 Å². The molecule has 0 saturated carbocycles. The zero-order chi connectivity index (χ0) is 20.1. The molecule has 0 unspecified atom stereocenters. The van der Waals surface area contributed by atoms with E-state index in [-0.39, 0.29) is 10.5 Å². The molecular weight excluding hydrogens is 400 g/mol. The van der Waals surface area contributed by atoms with E-state index in [0.717, 1.165) is 0 Å². The minimum atomic E-state index is -3.62. The molecule has 8 heteroatoms. The molecule has 3 rings (SSSR count). The Morgan fingerprint density at radius 3 is 2.36 bits per heavy atom. The van der Waals surface area contributed by atoms with Crippen molar-refractivity contribution < 1.29 is 17.9 Å². The van der Waals surface area contributed by atoms with Crippen molar-refractivity contribution in [3.05, 3.63) is 83.4 Å². The smallest absolute Gasteiger partial charge is 0.255 e. The van der Waals surface area contributed by atoms with Gasteiger partial charge in [-0.3, -0.25) is 4.79 Å². The third-order valence-corrected chi connectivity index (χ3v) is 5.58. The Morgan fingerprint density at radius 1 is 0.964 bits per heavy atom. The van der Waals surface area contributed by atoms with Gasteiger partial charge in [0.2, 0.25) is 10.0 Å². The van der Waals surface area contributed by atoms with Gasteiger partial charge in [0.1, 0.15) is 11.5 Å². The van der Waals surface area contributed by atoms with E-state index in [2.05, 4.69) is 10.0 Å². The molecule has 144 valence electrons. The molecule has 0 bridgehead atoms. The predicted molar refractivity (Wildman–Crippen MR) is 109 cm³/mol. The first-order valence-corrected chi connectivity index (χ1v) is 10.1. The number of carbonyl (C=O) groups excluding carboxylic acids is 1. The van der Waals surface area contributed by atoms with E-state index in [1.165, 1.54) is 25.2 Å². The van der Waals surface area contributed by atoms with Crippen LogP contribution in [0.25, 0.3) is 0 Å². The van der Waals surface area contributed by atoms with Gasteiger partial charge in [0.15, 0.2) is 0 Å². The highest BCUT2D eigenvalue weighted by molar-refractivity contribution is 7.89. The van der Waals surface area contributed by atoms with Crippen LogP contribution in [0, 0.1) is 0 Å². The van der Waals surface area contributed by atoms with E-state index in [4.69, 9.17) is 16.3 Å². The van der Waals surface area contributed by atoms with Crippen LogP contribution in [0.2, 0.25) is 5.02 Å². The Labute approximate surface area is 168 Å². The molecule has 0 aliphatic carbocycles. The fourth-order valence-electron chi connectivity index (χ4n) is 2.39. The molecule has 0 aromatic heterocycles. The van der Waals surface area contributed by atoms with Crippen LogP contribution in [-0.4, -0.2) is 21.4 Å². The maximum absolute atomic E-state index is 12.4. The Morgan fingerprint density at radius 2 is 1.68 bits per heavy atom. The fourth-order valence-corrected chi connectivity index (χ4v) is 3.34. The van der Waals surface area contributed by atoms with Gasteiger partial charge in [0, 0.05) is 11.3 Å². The Hall–Kier alpha value is -2.87. The highest BCUT2D eigenvalue weighted by Gasteiger charge is 2.14. The molecule has 3 aromatic rings. The summed E-state index contributed by atoms with van der Waals surface area (Å²) in [5.74, 6) is 0.671. The molecule has 28 heavy (non-hydrogen) atoms. The third kappa shape index (κ3) is 4.69. The average molecular weight is 417 g/mol. The largest absolute Gasteiger partial charge is 0.456 e. The molecule has 1 amide bonds. The van der Waals surface area contributed by atoms with E-state index in [1.54, 1.807) is 42.5 Å². The quantitative estimate of drug-likeness (QED) is 0.627. The molecule has 0 aliphatic rings. The lowest BCUT2D eigenvalue weighted by molar-refractivity contribution is 0.102. The fraction of sp³-hybridized carbons (Fsp3) is 0.0500. The molecule has 0 radical (unpaired) electrons. The number of rotatable bonds is 6. The molecule has 0 heterocycles. The van der Waals surface area contributed by atoms with E-state index in [1.807, 2.05) is 12.1 Å². The zero-order valence-electron chi connectivity index (χ0n) is 14.8. The second kappa shape index (κ2) is 8.43. The van der Waals surface area contributed by atoms with Crippen LogP contribution in [0.1, 0.15) is 10.4 Å². The predicted octanol–water partition coefficient (Wildman–Crippen LogP) is 4.29. The number of halogens is 1. The van der Waals surface area contributed by atoms with Gasteiger partial charge in [-0.2, -0.15) is 0 Å². The highest BCUT2D eigenvalue weighted by atomic mass is 35.5. The number of sulfonamides is 1. The number of hydrogen-bond donors (Lipinski definition) is 2. The summed E-state index contributed by atoms with van der Waals surface area (Å²) in [7, 11) is -2.31. The van der Waals surface area contributed by atoms with Crippen molar-refractivity contribution in [2.75, 3.05) is 12.4 Å². The zero-order valence-corrected chi connectivity index (χ0v) is 16.4. The van der Waals surface area contributed by atoms with Crippen LogP contribution in [0.5, 0.6) is 11.5 Å². The van der Waals surface area contributed by atoms with Crippen molar-refractivity contribution in [2.24, 2.45) is 0 Å². The summed E-state index contributed by atoms with van der Waals surface area (Å²) in [6.45, 7) is 0. The standard InChI is InChI=1S/C20H17ClN2O4S/c1-22-28(25,26)17-6-4-5-14(13-17)20(24)23-15-9-11-16(12-10-15)27-19-8-3-2-7-18(19)21/h2-13,22H,1H3,(H,23,24). The van der Waals surface area contributed by atoms with Crippen molar-refractivity contribution in [3.8, 4) is 11.5 Å². The first kappa shape index (κ1) is 19.9. The second-order valence-corrected chi connectivity index (χ2v) is 8.04. The molecule has 0 fully saturated rings. The Bertz CT molecular complexity index is 1100. The molecule has 3 aromatic carbocycles. The lowest BCUT2D eigenvalue weighted by atomic mass is 10.2. The summed E-state index contributed by atoms with van der Waals surface area (Å²) in [6, 6.07) is 19.6. The summed E-state index contributed by atoms with van der Waals surface area (Å²) >= 11 is 6.07.